The number of thiophene rings is 1. The second-order valence-corrected chi connectivity index (χ2v) is 21.1. The molecule has 3 N–H and O–H groups in total. The number of hydrogen-bond donors (Lipinski definition) is 3. The van der Waals surface area contributed by atoms with Gasteiger partial charge in [0.05, 0.1) is 30.5 Å². The Morgan fingerprint density at radius 3 is 2.39 bits per heavy atom. The lowest BCUT2D eigenvalue weighted by atomic mass is 9.89. The number of nitrogens with one attached hydrogen (secondary N) is 2. The van der Waals surface area contributed by atoms with Crippen LogP contribution >= 0.6 is 22.9 Å². The third-order valence-corrected chi connectivity index (χ3v) is 15.5. The van der Waals surface area contributed by atoms with Crippen molar-refractivity contribution >= 4 is 46.4 Å². The zero-order valence-corrected chi connectivity index (χ0v) is 42.7. The van der Waals surface area contributed by atoms with Gasteiger partial charge in [0, 0.05) is 102 Å². The number of pyridine rings is 1. The highest BCUT2D eigenvalue weighted by atomic mass is 35.5. The fourth-order valence-electron chi connectivity index (χ4n) is 9.98. The van der Waals surface area contributed by atoms with Crippen molar-refractivity contribution in [3.63, 3.8) is 0 Å². The molecular formula is C53H57ClN12O5S. The van der Waals surface area contributed by atoms with Crippen LogP contribution in [-0.4, -0.2) is 103 Å². The summed E-state index contributed by atoms with van der Waals surface area (Å²) in [6.45, 7) is 11.9. The van der Waals surface area contributed by atoms with Crippen LogP contribution in [0.1, 0.15) is 103 Å². The number of ether oxygens (including phenoxy) is 1. The molecule has 2 aliphatic heterocycles. The normalized spacial score (nSPS) is 20.2. The van der Waals surface area contributed by atoms with E-state index >= 15 is 0 Å². The van der Waals surface area contributed by atoms with Gasteiger partial charge < -0.3 is 29.9 Å². The minimum Gasteiger partial charge on any atom is -0.474 e. The van der Waals surface area contributed by atoms with Gasteiger partial charge in [-0.25, -0.2) is 9.97 Å². The number of fused-ring (bicyclic) bond motifs is 3. The number of aliphatic hydroxyl groups is 1. The van der Waals surface area contributed by atoms with Gasteiger partial charge in [0.2, 0.25) is 23.6 Å². The molecule has 1 aliphatic carbocycles. The van der Waals surface area contributed by atoms with E-state index in [-0.39, 0.29) is 61.2 Å². The Hall–Kier alpha value is -7.02. The minimum atomic E-state index is -0.849. The molecule has 0 bridgehead atoms. The number of hydrogen-bond acceptors (Lipinski definition) is 12. The molecule has 0 unspecified atom stereocenters. The molecule has 19 heteroatoms. The maximum atomic E-state index is 14.4. The summed E-state index contributed by atoms with van der Waals surface area (Å²) in [7, 11) is 1.94. The summed E-state index contributed by atoms with van der Waals surface area (Å²) < 4.78 is 11.9. The summed E-state index contributed by atoms with van der Waals surface area (Å²) in [5, 5.41) is 32.3. The molecule has 17 nitrogen and oxygen atoms in total. The molecule has 1 saturated carbocycles. The Morgan fingerprint density at radius 1 is 0.917 bits per heavy atom. The van der Waals surface area contributed by atoms with Gasteiger partial charge in [0.1, 0.15) is 40.9 Å². The Kier molecular flexibility index (Phi) is 13.4. The molecule has 0 radical (unpaired) electrons. The number of rotatable bonds is 14. The highest BCUT2D eigenvalue weighted by molar-refractivity contribution is 7.15. The van der Waals surface area contributed by atoms with Gasteiger partial charge in [-0.1, -0.05) is 61.8 Å². The Morgan fingerprint density at radius 2 is 1.67 bits per heavy atom. The first-order valence-electron chi connectivity index (χ1n) is 24.3. The molecule has 3 amide bonds. The smallest absolute Gasteiger partial charge is 0.248 e. The monoisotopic (exact) mass is 1010 g/mol. The fourth-order valence-corrected chi connectivity index (χ4v) is 11.3. The summed E-state index contributed by atoms with van der Waals surface area (Å²) in [4.78, 5) is 58.8. The van der Waals surface area contributed by atoms with Crippen molar-refractivity contribution < 1.29 is 24.2 Å². The molecule has 10 rings (SSSR count). The Balaban J connectivity index is 0.762. The van der Waals surface area contributed by atoms with Crippen molar-refractivity contribution in [2.24, 2.45) is 18.0 Å². The fraction of sp³-hybridized carbons (Fsp3) is 0.377. The SMILES string of the molecule is Cc1sc2c(c1C)C(c1ccc(Cl)cc1)=N[C@@H](CC(=O)N[C@H]1C[C@@H](Oc3cc(-c4cnn([C@H](C(=O)N5C[C@H](O)C[C@H]5C(=O)N[C@@H](C)c5ccc(-c6nccn6C)cc5)C(C)C)c4)ccn3)C1)c1nnc(C)n1-2. The number of imidazole rings is 1. The lowest BCUT2D eigenvalue weighted by Crippen LogP contribution is -2.49. The number of nitrogens with zero attached hydrogens (tertiary/aromatic N) is 10. The van der Waals surface area contributed by atoms with Crippen molar-refractivity contribution in [1.29, 1.82) is 0 Å². The molecule has 5 atom stereocenters. The third kappa shape index (κ3) is 9.57. The number of aromatic nitrogens is 8. The molecule has 72 heavy (non-hydrogen) atoms. The molecule has 2 fully saturated rings. The second kappa shape index (κ2) is 19.9. The van der Waals surface area contributed by atoms with Gasteiger partial charge in [-0.05, 0) is 68.5 Å². The van der Waals surface area contributed by atoms with E-state index in [1.165, 1.54) is 9.78 Å². The van der Waals surface area contributed by atoms with Gasteiger partial charge in [-0.15, -0.1) is 21.5 Å². The number of carbonyl (C=O) groups excluding carboxylic acids is 3. The minimum absolute atomic E-state index is 0.0402. The van der Waals surface area contributed by atoms with Crippen molar-refractivity contribution in [2.45, 2.75) is 110 Å². The number of aliphatic hydroxyl groups excluding tert-OH is 1. The van der Waals surface area contributed by atoms with Crippen molar-refractivity contribution in [1.82, 2.24) is 54.6 Å². The number of halogens is 1. The van der Waals surface area contributed by atoms with Gasteiger partial charge in [0.15, 0.2) is 5.82 Å². The van der Waals surface area contributed by atoms with Gasteiger partial charge >= 0.3 is 0 Å². The molecule has 372 valence electrons. The van der Waals surface area contributed by atoms with Crippen LogP contribution in [-0.2, 0) is 21.4 Å². The molecule has 5 aromatic heterocycles. The van der Waals surface area contributed by atoms with Crippen LogP contribution in [0, 0.1) is 26.7 Å². The molecule has 0 spiro atoms. The number of aliphatic imine (C=N–C) groups is 1. The lowest BCUT2D eigenvalue weighted by Gasteiger charge is -2.35. The summed E-state index contributed by atoms with van der Waals surface area (Å²) in [5.74, 6) is 1.67. The first kappa shape index (κ1) is 48.6. The molecule has 1 saturated heterocycles. The van der Waals surface area contributed by atoms with E-state index in [4.69, 9.17) is 21.3 Å². The molecule has 7 heterocycles. The summed E-state index contributed by atoms with van der Waals surface area (Å²) in [5.41, 5.74) is 7.25. The van der Waals surface area contributed by atoms with E-state index in [1.807, 2.05) is 117 Å². The van der Waals surface area contributed by atoms with Crippen LogP contribution in [0.5, 0.6) is 5.88 Å². The summed E-state index contributed by atoms with van der Waals surface area (Å²) in [6.07, 6.45) is 9.24. The van der Waals surface area contributed by atoms with Gasteiger partial charge in [0.25, 0.3) is 0 Å². The van der Waals surface area contributed by atoms with Gasteiger partial charge in [-0.2, -0.15) is 5.10 Å². The summed E-state index contributed by atoms with van der Waals surface area (Å²) >= 11 is 7.95. The number of benzene rings is 2. The average molecular weight is 1010 g/mol. The van der Waals surface area contributed by atoms with Crippen molar-refractivity contribution in [3.05, 3.63) is 135 Å². The predicted octanol–water partition coefficient (Wildman–Crippen LogP) is 7.61. The Labute approximate surface area is 426 Å². The number of carbonyl (C=O) groups is 3. The first-order valence-corrected chi connectivity index (χ1v) is 25.5. The summed E-state index contributed by atoms with van der Waals surface area (Å²) in [6, 6.07) is 16.6. The zero-order chi connectivity index (χ0) is 50.5. The molecule has 3 aliphatic rings. The lowest BCUT2D eigenvalue weighted by molar-refractivity contribution is -0.142. The van der Waals surface area contributed by atoms with Gasteiger partial charge in [-0.3, -0.25) is 28.6 Å². The number of likely N-dealkylation sites (tertiary alicyclic amines) is 1. The van der Waals surface area contributed by atoms with Crippen LogP contribution in [0.3, 0.4) is 0 Å². The van der Waals surface area contributed by atoms with E-state index in [0.717, 1.165) is 61.3 Å². The predicted molar refractivity (Wildman–Crippen MR) is 274 cm³/mol. The van der Waals surface area contributed by atoms with E-state index in [2.05, 4.69) is 49.7 Å². The van der Waals surface area contributed by atoms with Crippen LogP contribution in [0.4, 0.5) is 0 Å². The van der Waals surface area contributed by atoms with Crippen molar-refractivity contribution in [3.8, 4) is 33.4 Å². The molecule has 7 aromatic rings. The average Bonchev–Trinajstić information content (AvgIpc) is 4.19. The highest BCUT2D eigenvalue weighted by Gasteiger charge is 2.43. The Bertz CT molecular complexity index is 3190. The van der Waals surface area contributed by atoms with Crippen LogP contribution in [0.15, 0.2) is 96.6 Å². The maximum Gasteiger partial charge on any atom is 0.248 e. The largest absolute Gasteiger partial charge is 0.474 e. The third-order valence-electron chi connectivity index (χ3n) is 14.0. The molecular weight excluding hydrogens is 952 g/mol. The zero-order valence-electron chi connectivity index (χ0n) is 41.2. The standard InChI is InChI=1S/C53H57ClN12O5S/c1-28(2)48(52(70)64-27-40(67)23-43(64)51(69)58-30(4)33-8-10-35(11-9-33)49-56-18-19-63(49)7)65-26-37(25-57-65)36-16-17-55-45(20-36)71-41-21-39(22-41)59-44(68)24-42-50-62-61-32(6)66(50)53-46(29(3)31(5)72-53)47(60-42)34-12-14-38(54)15-13-34/h8-20,25-26,28,30,39-43,48,67H,21-24,27H2,1-7H3,(H,58,69)(H,59,68)/t30-,39-,40+,41+,42-,43-,48-/m0/s1. The number of aryl methyl sites for hydroxylation is 3. The second-order valence-electron chi connectivity index (χ2n) is 19.5. The van der Waals surface area contributed by atoms with Crippen LogP contribution < -0.4 is 15.4 Å². The number of amides is 3. The quantitative estimate of drug-likeness (QED) is 0.0975. The molecule has 2 aromatic carbocycles. The van der Waals surface area contributed by atoms with E-state index < -0.39 is 24.2 Å². The number of β-amino-alcohol motifs (C(OH)–C–C–N with tert-alkyl or cyclic N) is 1. The van der Waals surface area contributed by atoms with Crippen LogP contribution in [0.2, 0.25) is 5.02 Å². The van der Waals surface area contributed by atoms with E-state index in [1.54, 1.807) is 34.6 Å². The maximum absolute atomic E-state index is 14.4. The van der Waals surface area contributed by atoms with E-state index in [9.17, 15) is 19.5 Å². The first-order chi connectivity index (χ1) is 34.6. The van der Waals surface area contributed by atoms with E-state index in [0.29, 0.717) is 29.6 Å². The van der Waals surface area contributed by atoms with Crippen molar-refractivity contribution in [2.75, 3.05) is 6.54 Å². The van der Waals surface area contributed by atoms with Crippen LogP contribution in [0.25, 0.3) is 27.5 Å². The topological polar surface area (TPSA) is 200 Å². The highest BCUT2D eigenvalue weighted by Crippen LogP contribution is 2.40.